The smallest absolute Gasteiger partial charge is 0.407 e. The third-order valence-electron chi connectivity index (χ3n) is 4.46. The summed E-state index contributed by atoms with van der Waals surface area (Å²) in [7, 11) is 0. The summed E-state index contributed by atoms with van der Waals surface area (Å²) >= 11 is 0. The van der Waals surface area contributed by atoms with Crippen LogP contribution < -0.4 is 9.64 Å². The number of ether oxygens (including phenoxy) is 1. The van der Waals surface area contributed by atoms with Gasteiger partial charge in [-0.05, 0) is 25.1 Å². The fourth-order valence-corrected chi connectivity index (χ4v) is 3.00. The molecule has 0 saturated carbocycles. The number of rotatable bonds is 4. The highest BCUT2D eigenvalue weighted by Crippen LogP contribution is 2.21. The Kier molecular flexibility index (Phi) is 5.41. The molecule has 0 unspecified atom stereocenters. The first-order valence-electron chi connectivity index (χ1n) is 8.51. The quantitative estimate of drug-likeness (QED) is 0.890. The molecule has 1 amide bonds. The van der Waals surface area contributed by atoms with Crippen molar-refractivity contribution in [3.8, 4) is 11.9 Å². The predicted octanol–water partition coefficient (Wildman–Crippen LogP) is 2.86. The van der Waals surface area contributed by atoms with Gasteiger partial charge < -0.3 is 19.6 Å². The van der Waals surface area contributed by atoms with E-state index in [4.69, 9.17) is 15.1 Å². The fraction of sp³-hybridized carbons (Fsp3) is 0.316. The van der Waals surface area contributed by atoms with Gasteiger partial charge in [-0.15, -0.1) is 0 Å². The molecule has 1 N–H and O–H groups in total. The molecule has 8 heteroatoms. The maximum Gasteiger partial charge on any atom is 0.407 e. The zero-order valence-electron chi connectivity index (χ0n) is 14.8. The first-order chi connectivity index (χ1) is 13.0. The van der Waals surface area contributed by atoms with E-state index in [0.717, 1.165) is 0 Å². The van der Waals surface area contributed by atoms with Crippen LogP contribution in [0.2, 0.25) is 0 Å². The number of aromatic nitrogens is 1. The minimum absolute atomic E-state index is 0.00279. The van der Waals surface area contributed by atoms with Gasteiger partial charge in [-0.2, -0.15) is 10.2 Å². The molecule has 1 aromatic carbocycles. The highest BCUT2D eigenvalue weighted by molar-refractivity contribution is 5.66. The monoisotopic (exact) mass is 370 g/mol. The number of hydrogen-bond acceptors (Lipinski definition) is 5. The molecule has 1 atom stereocenters. The van der Waals surface area contributed by atoms with Crippen LogP contribution in [0.5, 0.6) is 5.88 Å². The van der Waals surface area contributed by atoms with E-state index in [1.54, 1.807) is 12.1 Å². The number of amides is 1. The number of pyridine rings is 1. The number of carboxylic acid groups (broad SMARTS) is 1. The Hall–Kier alpha value is -3.34. The largest absolute Gasteiger partial charge is 0.473 e. The molecule has 1 aliphatic rings. The summed E-state index contributed by atoms with van der Waals surface area (Å²) < 4.78 is 19.5. The van der Waals surface area contributed by atoms with Crippen LogP contribution in [0.1, 0.15) is 18.1 Å². The zero-order chi connectivity index (χ0) is 19.4. The van der Waals surface area contributed by atoms with E-state index in [-0.39, 0.29) is 18.2 Å². The number of carbonyl (C=O) groups is 1. The molecule has 1 saturated heterocycles. The summed E-state index contributed by atoms with van der Waals surface area (Å²) in [5.41, 5.74) is 0.593. The molecular weight excluding hydrogens is 351 g/mol. The molecule has 2 heterocycles. The van der Waals surface area contributed by atoms with Crippen molar-refractivity contribution in [2.45, 2.75) is 19.6 Å². The molecule has 7 nitrogen and oxygen atoms in total. The average molecular weight is 370 g/mol. The van der Waals surface area contributed by atoms with E-state index >= 15 is 0 Å². The third-order valence-corrected chi connectivity index (χ3v) is 4.46. The van der Waals surface area contributed by atoms with Crippen molar-refractivity contribution in [1.29, 1.82) is 5.26 Å². The van der Waals surface area contributed by atoms with Gasteiger partial charge in [0.25, 0.3) is 0 Å². The lowest BCUT2D eigenvalue weighted by Gasteiger charge is -2.38. The van der Waals surface area contributed by atoms with Crippen molar-refractivity contribution in [3.63, 3.8) is 0 Å². The fourth-order valence-electron chi connectivity index (χ4n) is 3.00. The summed E-state index contributed by atoms with van der Waals surface area (Å²) in [6, 6.07) is 11.3. The van der Waals surface area contributed by atoms with Crippen LogP contribution in [0, 0.1) is 17.1 Å². The summed E-state index contributed by atoms with van der Waals surface area (Å²) in [6.45, 7) is 3.33. The van der Waals surface area contributed by atoms with E-state index in [0.29, 0.717) is 36.9 Å². The molecule has 140 valence electrons. The van der Waals surface area contributed by atoms with Gasteiger partial charge in [0.05, 0.1) is 11.6 Å². The Labute approximate surface area is 156 Å². The minimum atomic E-state index is -0.920. The van der Waals surface area contributed by atoms with Gasteiger partial charge in [0.2, 0.25) is 5.88 Å². The molecule has 0 radical (unpaired) electrons. The van der Waals surface area contributed by atoms with Crippen LogP contribution in [0.4, 0.5) is 15.0 Å². The molecular formula is C19H19FN4O3. The van der Waals surface area contributed by atoms with Crippen molar-refractivity contribution in [1.82, 2.24) is 9.88 Å². The van der Waals surface area contributed by atoms with E-state index in [1.165, 1.54) is 23.1 Å². The highest BCUT2D eigenvalue weighted by atomic mass is 19.1. The Morgan fingerprint density at radius 3 is 2.89 bits per heavy atom. The van der Waals surface area contributed by atoms with Crippen molar-refractivity contribution in [3.05, 3.63) is 53.3 Å². The SMILES string of the molecule is C[C@H]1CN(c2cccc(OCc3ccc(C#N)cc3F)n2)CCN1C(=O)O. The van der Waals surface area contributed by atoms with Crippen molar-refractivity contribution < 1.29 is 19.0 Å². The molecule has 27 heavy (non-hydrogen) atoms. The number of halogens is 1. The van der Waals surface area contributed by atoms with E-state index in [1.807, 2.05) is 24.0 Å². The maximum absolute atomic E-state index is 13.9. The first-order valence-corrected chi connectivity index (χ1v) is 8.51. The van der Waals surface area contributed by atoms with E-state index in [9.17, 15) is 9.18 Å². The zero-order valence-corrected chi connectivity index (χ0v) is 14.8. The Balaban J connectivity index is 1.66. The molecule has 1 fully saturated rings. The second-order valence-corrected chi connectivity index (χ2v) is 6.31. The van der Waals surface area contributed by atoms with Gasteiger partial charge in [0.15, 0.2) is 0 Å². The van der Waals surface area contributed by atoms with Crippen LogP contribution in [-0.4, -0.2) is 46.8 Å². The highest BCUT2D eigenvalue weighted by Gasteiger charge is 2.27. The van der Waals surface area contributed by atoms with Gasteiger partial charge in [-0.1, -0.05) is 12.1 Å². The standard InChI is InChI=1S/C19H19FN4O3/c1-13-11-23(7-8-24(13)19(25)26)17-3-2-4-18(22-17)27-12-15-6-5-14(10-21)9-16(15)20/h2-6,9,13H,7-8,11-12H2,1H3,(H,25,26)/t13-/m0/s1. The van der Waals surface area contributed by atoms with E-state index < -0.39 is 11.9 Å². The van der Waals surface area contributed by atoms with Crippen LogP contribution in [0.3, 0.4) is 0 Å². The van der Waals surface area contributed by atoms with Crippen LogP contribution in [0.15, 0.2) is 36.4 Å². The van der Waals surface area contributed by atoms with Gasteiger partial charge in [0.1, 0.15) is 18.2 Å². The van der Waals surface area contributed by atoms with Crippen molar-refractivity contribution in [2.75, 3.05) is 24.5 Å². The summed E-state index contributed by atoms with van der Waals surface area (Å²) in [5.74, 6) is 0.540. The molecule has 1 aromatic heterocycles. The summed E-state index contributed by atoms with van der Waals surface area (Å²) in [4.78, 5) is 19.0. The Bertz CT molecular complexity index is 883. The van der Waals surface area contributed by atoms with Gasteiger partial charge >= 0.3 is 6.09 Å². The lowest BCUT2D eigenvalue weighted by Crippen LogP contribution is -2.53. The normalized spacial score (nSPS) is 16.7. The van der Waals surface area contributed by atoms with Crippen LogP contribution in [-0.2, 0) is 6.61 Å². The lowest BCUT2D eigenvalue weighted by molar-refractivity contribution is 0.122. The first kappa shape index (κ1) is 18.5. The number of piperazine rings is 1. The Morgan fingerprint density at radius 2 is 2.22 bits per heavy atom. The summed E-state index contributed by atoms with van der Waals surface area (Å²) in [6.07, 6.45) is -0.920. The third kappa shape index (κ3) is 4.26. The van der Waals surface area contributed by atoms with Gasteiger partial charge in [0, 0.05) is 37.3 Å². The second kappa shape index (κ2) is 7.91. The minimum Gasteiger partial charge on any atom is -0.473 e. The Morgan fingerprint density at radius 1 is 1.41 bits per heavy atom. The van der Waals surface area contributed by atoms with E-state index in [2.05, 4.69) is 4.98 Å². The maximum atomic E-state index is 13.9. The van der Waals surface area contributed by atoms with Crippen LogP contribution in [0.25, 0.3) is 0 Å². The number of hydrogen-bond donors (Lipinski definition) is 1. The number of nitrogens with zero attached hydrogens (tertiary/aromatic N) is 4. The molecule has 1 aliphatic heterocycles. The summed E-state index contributed by atoms with van der Waals surface area (Å²) in [5, 5.41) is 17.9. The molecule has 0 aliphatic carbocycles. The topological polar surface area (TPSA) is 89.7 Å². The molecule has 2 aromatic rings. The average Bonchev–Trinajstić information content (AvgIpc) is 2.66. The van der Waals surface area contributed by atoms with Gasteiger partial charge in [-0.25, -0.2) is 9.18 Å². The van der Waals surface area contributed by atoms with Crippen molar-refractivity contribution >= 4 is 11.9 Å². The van der Waals surface area contributed by atoms with Gasteiger partial charge in [-0.3, -0.25) is 0 Å². The number of benzene rings is 1. The molecule has 0 bridgehead atoms. The van der Waals surface area contributed by atoms with Crippen LogP contribution >= 0.6 is 0 Å². The number of anilines is 1. The lowest BCUT2D eigenvalue weighted by atomic mass is 10.1. The second-order valence-electron chi connectivity index (χ2n) is 6.31. The molecule has 0 spiro atoms. The number of nitriles is 1. The van der Waals surface area contributed by atoms with Crippen molar-refractivity contribution in [2.24, 2.45) is 0 Å². The predicted molar refractivity (Wildman–Crippen MR) is 96.1 cm³/mol. The molecule has 3 rings (SSSR count).